The van der Waals surface area contributed by atoms with E-state index in [0.29, 0.717) is 10.0 Å². The van der Waals surface area contributed by atoms with Gasteiger partial charge in [-0.2, -0.15) is 0 Å². The van der Waals surface area contributed by atoms with Crippen LogP contribution < -0.4 is 5.73 Å². The Morgan fingerprint density at radius 2 is 2.00 bits per heavy atom. The Hall–Kier alpha value is -0.740. The number of rotatable bonds is 3. The Morgan fingerprint density at radius 1 is 1.22 bits per heavy atom. The summed E-state index contributed by atoms with van der Waals surface area (Å²) in [5, 5.41) is 2.18. The molecule has 0 aliphatic heterocycles. The maximum absolute atomic E-state index is 6.12. The van der Waals surface area contributed by atoms with Crippen LogP contribution in [0.1, 0.15) is 18.5 Å². The van der Waals surface area contributed by atoms with Crippen LogP contribution in [0.25, 0.3) is 0 Å². The number of nitrogens with zero attached hydrogens (tertiary/aromatic N) is 1. The van der Waals surface area contributed by atoms with Crippen molar-refractivity contribution in [2.45, 2.75) is 22.9 Å². The summed E-state index contributed by atoms with van der Waals surface area (Å²) < 4.78 is 0. The van der Waals surface area contributed by atoms with Gasteiger partial charge in [0.1, 0.15) is 5.03 Å². The predicted molar refractivity (Wildman–Crippen MR) is 77.4 cm³/mol. The highest BCUT2D eigenvalue weighted by atomic mass is 35.5. The van der Waals surface area contributed by atoms with Gasteiger partial charge in [-0.25, -0.2) is 4.98 Å². The molecule has 5 heteroatoms. The molecule has 0 spiro atoms. The van der Waals surface area contributed by atoms with Crippen molar-refractivity contribution in [2.75, 3.05) is 0 Å². The Kier molecular flexibility index (Phi) is 4.51. The zero-order valence-electron chi connectivity index (χ0n) is 9.73. The van der Waals surface area contributed by atoms with Crippen LogP contribution in [0, 0.1) is 0 Å². The van der Waals surface area contributed by atoms with Gasteiger partial charge >= 0.3 is 0 Å². The molecule has 0 aliphatic carbocycles. The van der Waals surface area contributed by atoms with Crippen LogP contribution in [0.3, 0.4) is 0 Å². The Labute approximate surface area is 121 Å². The number of nitrogens with two attached hydrogens (primary N) is 1. The second-order valence-corrected chi connectivity index (χ2v) is 5.80. The average molecular weight is 299 g/mol. The van der Waals surface area contributed by atoms with Gasteiger partial charge < -0.3 is 5.73 Å². The smallest absolute Gasteiger partial charge is 0.101 e. The summed E-state index contributed by atoms with van der Waals surface area (Å²) in [5.41, 5.74) is 6.89. The molecule has 0 aliphatic rings. The summed E-state index contributed by atoms with van der Waals surface area (Å²) in [6.07, 6.45) is 1.75. The lowest BCUT2D eigenvalue weighted by Crippen LogP contribution is -2.04. The zero-order valence-corrected chi connectivity index (χ0v) is 12.1. The fraction of sp³-hybridized carbons (Fsp3) is 0.154. The Bertz CT molecular complexity index is 558. The molecule has 1 heterocycles. The van der Waals surface area contributed by atoms with Gasteiger partial charge in [-0.1, -0.05) is 35.0 Å². The number of halogens is 2. The first-order valence-electron chi connectivity index (χ1n) is 5.40. The van der Waals surface area contributed by atoms with Crippen molar-refractivity contribution < 1.29 is 0 Å². The standard InChI is InChI=1S/C13H12Cl2N2S/c1-8(16)9-4-5-17-13(6-9)18-12-7-10(14)2-3-11(12)15/h2-8H,16H2,1H3. The number of benzene rings is 1. The number of aromatic nitrogens is 1. The van der Waals surface area contributed by atoms with Crippen LogP contribution in [-0.4, -0.2) is 4.98 Å². The summed E-state index contributed by atoms with van der Waals surface area (Å²) in [7, 11) is 0. The van der Waals surface area contributed by atoms with Crippen molar-refractivity contribution in [2.24, 2.45) is 5.73 Å². The third-order valence-corrected chi connectivity index (χ3v) is 4.06. The molecular weight excluding hydrogens is 287 g/mol. The van der Waals surface area contributed by atoms with Gasteiger partial charge in [0, 0.05) is 22.2 Å². The van der Waals surface area contributed by atoms with Gasteiger partial charge in [0.05, 0.1) is 5.02 Å². The van der Waals surface area contributed by atoms with Gasteiger partial charge in [-0.05, 0) is 42.8 Å². The fourth-order valence-corrected chi connectivity index (χ4v) is 2.79. The maximum atomic E-state index is 6.12. The molecule has 0 saturated heterocycles. The molecule has 0 fully saturated rings. The molecule has 2 rings (SSSR count). The van der Waals surface area contributed by atoms with Crippen LogP contribution in [0.5, 0.6) is 0 Å². The van der Waals surface area contributed by atoms with E-state index in [1.807, 2.05) is 25.1 Å². The number of pyridine rings is 1. The molecule has 1 unspecified atom stereocenters. The summed E-state index contributed by atoms with van der Waals surface area (Å²) in [6, 6.07) is 9.24. The fourth-order valence-electron chi connectivity index (χ4n) is 1.43. The summed E-state index contributed by atoms with van der Waals surface area (Å²) in [6.45, 7) is 1.94. The first-order valence-corrected chi connectivity index (χ1v) is 6.98. The molecule has 0 amide bonds. The van der Waals surface area contributed by atoms with Crippen molar-refractivity contribution in [1.29, 1.82) is 0 Å². The third kappa shape index (κ3) is 3.39. The number of hydrogen-bond donors (Lipinski definition) is 1. The molecule has 0 bridgehead atoms. The molecule has 1 atom stereocenters. The highest BCUT2D eigenvalue weighted by molar-refractivity contribution is 7.99. The quantitative estimate of drug-likeness (QED) is 0.903. The Morgan fingerprint density at radius 3 is 2.72 bits per heavy atom. The lowest BCUT2D eigenvalue weighted by molar-refractivity contribution is 0.808. The van der Waals surface area contributed by atoms with E-state index in [2.05, 4.69) is 4.98 Å². The van der Waals surface area contributed by atoms with E-state index in [-0.39, 0.29) is 6.04 Å². The minimum atomic E-state index is -0.0119. The molecule has 18 heavy (non-hydrogen) atoms. The molecule has 1 aromatic heterocycles. The second kappa shape index (κ2) is 5.93. The lowest BCUT2D eigenvalue weighted by Gasteiger charge is -2.08. The minimum absolute atomic E-state index is 0.0119. The summed E-state index contributed by atoms with van der Waals surface area (Å²) >= 11 is 13.5. The van der Waals surface area contributed by atoms with Gasteiger partial charge in [-0.15, -0.1) is 0 Å². The summed E-state index contributed by atoms with van der Waals surface area (Å²) in [5.74, 6) is 0. The minimum Gasteiger partial charge on any atom is -0.324 e. The van der Waals surface area contributed by atoms with E-state index >= 15 is 0 Å². The van der Waals surface area contributed by atoms with Gasteiger partial charge in [-0.3, -0.25) is 0 Å². The lowest BCUT2D eigenvalue weighted by atomic mass is 10.1. The molecule has 0 saturated carbocycles. The first-order chi connectivity index (χ1) is 8.56. The van der Waals surface area contributed by atoms with Crippen LogP contribution >= 0.6 is 35.0 Å². The van der Waals surface area contributed by atoms with Crippen LogP contribution in [0.2, 0.25) is 10.0 Å². The van der Waals surface area contributed by atoms with E-state index < -0.39 is 0 Å². The average Bonchev–Trinajstić information content (AvgIpc) is 2.34. The Balaban J connectivity index is 2.28. The number of hydrogen-bond acceptors (Lipinski definition) is 3. The van der Waals surface area contributed by atoms with Gasteiger partial charge in [0.25, 0.3) is 0 Å². The van der Waals surface area contributed by atoms with Crippen LogP contribution in [0.15, 0.2) is 46.5 Å². The SMILES string of the molecule is CC(N)c1ccnc(Sc2cc(Cl)ccc2Cl)c1. The van der Waals surface area contributed by atoms with Crippen LogP contribution in [-0.2, 0) is 0 Å². The van der Waals surface area contributed by atoms with Crippen molar-refractivity contribution in [1.82, 2.24) is 4.98 Å². The van der Waals surface area contributed by atoms with Gasteiger partial charge in [0.15, 0.2) is 0 Å². The first kappa shape index (κ1) is 13.7. The topological polar surface area (TPSA) is 38.9 Å². The molecular formula is C13H12Cl2N2S. The van der Waals surface area contributed by atoms with Crippen molar-refractivity contribution in [3.05, 3.63) is 52.1 Å². The molecule has 2 nitrogen and oxygen atoms in total. The highest BCUT2D eigenvalue weighted by Gasteiger charge is 2.07. The molecule has 1 aromatic carbocycles. The third-order valence-electron chi connectivity index (χ3n) is 2.39. The van der Waals surface area contributed by atoms with Crippen molar-refractivity contribution in [3.8, 4) is 0 Å². The van der Waals surface area contributed by atoms with E-state index in [0.717, 1.165) is 15.5 Å². The molecule has 2 N–H and O–H groups in total. The molecule has 2 aromatic rings. The molecule has 94 valence electrons. The highest BCUT2D eigenvalue weighted by Crippen LogP contribution is 2.34. The van der Waals surface area contributed by atoms with Crippen LogP contribution in [0.4, 0.5) is 0 Å². The van der Waals surface area contributed by atoms with Crippen molar-refractivity contribution >= 4 is 35.0 Å². The largest absolute Gasteiger partial charge is 0.324 e. The zero-order chi connectivity index (χ0) is 13.1. The monoisotopic (exact) mass is 298 g/mol. The van der Waals surface area contributed by atoms with Crippen molar-refractivity contribution in [3.63, 3.8) is 0 Å². The predicted octanol–water partition coefficient (Wildman–Crippen LogP) is 4.56. The van der Waals surface area contributed by atoms with E-state index in [1.165, 1.54) is 11.8 Å². The normalized spacial score (nSPS) is 12.4. The second-order valence-electron chi connectivity index (χ2n) is 3.89. The maximum Gasteiger partial charge on any atom is 0.101 e. The van der Waals surface area contributed by atoms with E-state index in [9.17, 15) is 0 Å². The van der Waals surface area contributed by atoms with E-state index in [1.54, 1.807) is 18.3 Å². The van der Waals surface area contributed by atoms with E-state index in [4.69, 9.17) is 28.9 Å². The van der Waals surface area contributed by atoms with Gasteiger partial charge in [0.2, 0.25) is 0 Å². The summed E-state index contributed by atoms with van der Waals surface area (Å²) in [4.78, 5) is 5.18. The molecule has 0 radical (unpaired) electrons.